The smallest absolute Gasteiger partial charge is 0.337 e. The molecule has 0 aliphatic heterocycles. The van der Waals surface area contributed by atoms with Gasteiger partial charge in [-0.1, -0.05) is 107 Å². The fraction of sp³-hybridized carbons (Fsp3) is 0.0952. The Bertz CT molecular complexity index is 1910. The summed E-state index contributed by atoms with van der Waals surface area (Å²) >= 11 is 0. The first kappa shape index (κ1) is 33.2. The molecule has 6 heteroatoms. The van der Waals surface area contributed by atoms with Crippen LogP contribution in [0.2, 0.25) is 0 Å². The number of carbonyl (C=O) groups is 2. The molecule has 6 aromatic rings. The van der Waals surface area contributed by atoms with Crippen molar-refractivity contribution < 1.29 is 19.8 Å². The predicted molar refractivity (Wildman–Crippen MR) is 196 cm³/mol. The number of hydrogen-bond acceptors (Lipinski definition) is 4. The normalized spacial score (nSPS) is 10.4. The molecule has 0 aromatic heterocycles. The summed E-state index contributed by atoms with van der Waals surface area (Å²) in [5.74, 6) is -1.88. The van der Waals surface area contributed by atoms with Crippen LogP contribution in [0.15, 0.2) is 133 Å². The van der Waals surface area contributed by atoms with Gasteiger partial charge in [0, 0.05) is 11.4 Å². The van der Waals surface area contributed by atoms with E-state index in [1.54, 1.807) is 36.4 Å². The van der Waals surface area contributed by atoms with Crippen LogP contribution in [0.5, 0.6) is 0 Å². The summed E-state index contributed by atoms with van der Waals surface area (Å²) in [6.45, 7) is 8.34. The van der Waals surface area contributed by atoms with E-state index in [2.05, 4.69) is 86.9 Å². The SMILES string of the molecule is Cc1cc(C)cc(-c2cccc(Nc3ccccc3C(=O)O)c2)c1.Cc1cc(C)cc(-c2cccc(Nc3ccccc3C(=O)O)c2)c1. The lowest BCUT2D eigenvalue weighted by molar-refractivity contribution is 0.0687. The second-order valence-corrected chi connectivity index (χ2v) is 11.9. The topological polar surface area (TPSA) is 98.7 Å². The van der Waals surface area contributed by atoms with Gasteiger partial charge in [-0.3, -0.25) is 0 Å². The lowest BCUT2D eigenvalue weighted by Gasteiger charge is -2.11. The lowest BCUT2D eigenvalue weighted by Crippen LogP contribution is -2.02. The van der Waals surface area contributed by atoms with E-state index >= 15 is 0 Å². The summed E-state index contributed by atoms with van der Waals surface area (Å²) in [7, 11) is 0. The molecule has 48 heavy (non-hydrogen) atoms. The molecule has 0 fully saturated rings. The molecule has 0 spiro atoms. The monoisotopic (exact) mass is 634 g/mol. The molecule has 0 saturated carbocycles. The molecule has 0 unspecified atom stereocenters. The molecule has 0 amide bonds. The minimum atomic E-state index is -0.941. The van der Waals surface area contributed by atoms with Crippen LogP contribution in [0.25, 0.3) is 22.3 Å². The molecular formula is C42H38N2O4. The van der Waals surface area contributed by atoms with Crippen molar-refractivity contribution in [3.05, 3.63) is 167 Å². The zero-order chi connectivity index (χ0) is 34.2. The molecule has 6 aromatic carbocycles. The van der Waals surface area contributed by atoms with Crippen LogP contribution in [-0.4, -0.2) is 22.2 Å². The first-order chi connectivity index (χ1) is 23.0. The molecule has 240 valence electrons. The van der Waals surface area contributed by atoms with Gasteiger partial charge in [0.15, 0.2) is 0 Å². The number of carboxylic acids is 2. The van der Waals surface area contributed by atoms with Gasteiger partial charge in [-0.15, -0.1) is 0 Å². The molecule has 0 aliphatic rings. The van der Waals surface area contributed by atoms with Gasteiger partial charge >= 0.3 is 11.9 Å². The summed E-state index contributed by atoms with van der Waals surface area (Å²) in [6.07, 6.45) is 0. The third-order valence-corrected chi connectivity index (χ3v) is 7.71. The van der Waals surface area contributed by atoms with E-state index in [-0.39, 0.29) is 11.1 Å². The van der Waals surface area contributed by atoms with Gasteiger partial charge in [-0.25, -0.2) is 9.59 Å². The molecular weight excluding hydrogens is 596 g/mol. The van der Waals surface area contributed by atoms with E-state index in [9.17, 15) is 19.8 Å². The highest BCUT2D eigenvalue weighted by Crippen LogP contribution is 2.29. The van der Waals surface area contributed by atoms with Crippen molar-refractivity contribution in [1.82, 2.24) is 0 Å². The second-order valence-electron chi connectivity index (χ2n) is 11.9. The maximum Gasteiger partial charge on any atom is 0.337 e. The Morgan fingerprint density at radius 3 is 1.12 bits per heavy atom. The fourth-order valence-corrected chi connectivity index (χ4v) is 5.70. The van der Waals surface area contributed by atoms with Crippen molar-refractivity contribution in [2.45, 2.75) is 27.7 Å². The number of aromatic carboxylic acids is 2. The number of nitrogens with one attached hydrogen (secondary N) is 2. The molecule has 4 N–H and O–H groups in total. The van der Waals surface area contributed by atoms with Crippen LogP contribution in [0.1, 0.15) is 43.0 Å². The van der Waals surface area contributed by atoms with Crippen molar-refractivity contribution in [2.24, 2.45) is 0 Å². The maximum absolute atomic E-state index is 11.3. The Balaban J connectivity index is 0.000000188. The Labute approximate surface area is 281 Å². The van der Waals surface area contributed by atoms with Crippen LogP contribution in [0, 0.1) is 27.7 Å². The number of hydrogen-bond donors (Lipinski definition) is 4. The molecule has 0 aliphatic carbocycles. The fourth-order valence-electron chi connectivity index (χ4n) is 5.70. The van der Waals surface area contributed by atoms with Crippen LogP contribution >= 0.6 is 0 Å². The molecule has 0 saturated heterocycles. The molecule has 0 radical (unpaired) electrons. The number of rotatable bonds is 8. The van der Waals surface area contributed by atoms with Crippen molar-refractivity contribution in [3.63, 3.8) is 0 Å². The van der Waals surface area contributed by atoms with Crippen molar-refractivity contribution in [1.29, 1.82) is 0 Å². The Morgan fingerprint density at radius 2 is 0.771 bits per heavy atom. The number of benzene rings is 6. The summed E-state index contributed by atoms with van der Waals surface area (Å²) < 4.78 is 0. The van der Waals surface area contributed by atoms with Gasteiger partial charge in [0.1, 0.15) is 0 Å². The quantitative estimate of drug-likeness (QED) is 0.133. The zero-order valence-corrected chi connectivity index (χ0v) is 27.4. The minimum Gasteiger partial charge on any atom is -0.478 e. The maximum atomic E-state index is 11.3. The summed E-state index contributed by atoms with van der Waals surface area (Å²) in [4.78, 5) is 22.7. The van der Waals surface area contributed by atoms with Crippen LogP contribution in [-0.2, 0) is 0 Å². The van der Waals surface area contributed by atoms with E-state index in [1.165, 1.54) is 22.3 Å². The number of anilines is 4. The summed E-state index contributed by atoms with van der Waals surface area (Å²) in [5, 5.41) is 25.0. The van der Waals surface area contributed by atoms with Crippen molar-refractivity contribution >= 4 is 34.7 Å². The number of carboxylic acid groups (broad SMARTS) is 2. The number of aryl methyl sites for hydroxylation is 4. The average molecular weight is 635 g/mol. The lowest BCUT2D eigenvalue weighted by atomic mass is 10.0. The van der Waals surface area contributed by atoms with Crippen LogP contribution < -0.4 is 10.6 Å². The standard InChI is InChI=1S/2C21H19NO2/c2*1-14-10-15(2)12-17(11-14)16-6-5-7-18(13-16)22-20-9-4-3-8-19(20)21(23)24/h2*3-13,22H,1-2H3,(H,23,24). The molecule has 6 rings (SSSR count). The third-order valence-electron chi connectivity index (χ3n) is 7.71. The first-order valence-corrected chi connectivity index (χ1v) is 15.6. The zero-order valence-electron chi connectivity index (χ0n) is 27.4. The van der Waals surface area contributed by atoms with Gasteiger partial charge < -0.3 is 20.8 Å². The van der Waals surface area contributed by atoms with E-state index in [1.807, 2.05) is 48.5 Å². The molecule has 0 heterocycles. The van der Waals surface area contributed by atoms with Gasteiger partial charge in [0.05, 0.1) is 22.5 Å². The highest BCUT2D eigenvalue weighted by atomic mass is 16.4. The Kier molecular flexibility index (Phi) is 10.4. The average Bonchev–Trinajstić information content (AvgIpc) is 3.05. The number of para-hydroxylation sites is 2. The van der Waals surface area contributed by atoms with Gasteiger partial charge in [0.2, 0.25) is 0 Å². The van der Waals surface area contributed by atoms with Gasteiger partial charge in [-0.05, 0) is 98.5 Å². The van der Waals surface area contributed by atoms with E-state index in [4.69, 9.17) is 0 Å². The van der Waals surface area contributed by atoms with Crippen molar-refractivity contribution in [2.75, 3.05) is 10.6 Å². The molecule has 6 nitrogen and oxygen atoms in total. The largest absolute Gasteiger partial charge is 0.478 e. The minimum absolute atomic E-state index is 0.259. The Hall–Kier alpha value is -6.14. The Morgan fingerprint density at radius 1 is 0.417 bits per heavy atom. The second kappa shape index (κ2) is 15.0. The van der Waals surface area contributed by atoms with Crippen LogP contribution in [0.3, 0.4) is 0 Å². The van der Waals surface area contributed by atoms with Crippen molar-refractivity contribution in [3.8, 4) is 22.3 Å². The highest BCUT2D eigenvalue weighted by Gasteiger charge is 2.11. The molecule has 0 bridgehead atoms. The highest BCUT2D eigenvalue weighted by molar-refractivity contribution is 5.96. The predicted octanol–water partition coefficient (Wildman–Crippen LogP) is 10.8. The van der Waals surface area contributed by atoms with Gasteiger partial charge in [-0.2, -0.15) is 0 Å². The van der Waals surface area contributed by atoms with Crippen LogP contribution in [0.4, 0.5) is 22.7 Å². The van der Waals surface area contributed by atoms with Gasteiger partial charge in [0.25, 0.3) is 0 Å². The summed E-state index contributed by atoms with van der Waals surface area (Å²) in [5.41, 5.74) is 12.8. The van der Waals surface area contributed by atoms with E-state index in [0.717, 1.165) is 33.6 Å². The summed E-state index contributed by atoms with van der Waals surface area (Å²) in [6, 6.07) is 42.7. The molecule has 0 atom stereocenters. The van der Waals surface area contributed by atoms with E-state index in [0.29, 0.717) is 11.4 Å². The third kappa shape index (κ3) is 8.56. The first-order valence-electron chi connectivity index (χ1n) is 15.6. The van der Waals surface area contributed by atoms with E-state index < -0.39 is 11.9 Å².